The number of carbonyl (C=O) groups excluding carboxylic acids is 1. The van der Waals surface area contributed by atoms with Crippen molar-refractivity contribution in [1.82, 2.24) is 0 Å². The van der Waals surface area contributed by atoms with E-state index in [1.165, 1.54) is 0 Å². The molecule has 0 bridgehead atoms. The van der Waals surface area contributed by atoms with Crippen molar-refractivity contribution < 1.29 is 14.3 Å². The van der Waals surface area contributed by atoms with Crippen molar-refractivity contribution in [2.75, 3.05) is 13.2 Å². The second kappa shape index (κ2) is 7.74. The van der Waals surface area contributed by atoms with Crippen molar-refractivity contribution in [2.24, 2.45) is 5.41 Å². The van der Waals surface area contributed by atoms with Crippen LogP contribution in [0.2, 0.25) is 0 Å². The summed E-state index contributed by atoms with van der Waals surface area (Å²) in [5.41, 5.74) is 0.215. The number of nitrogens with zero attached hydrogens (tertiary/aromatic N) is 1. The lowest BCUT2D eigenvalue weighted by molar-refractivity contribution is -0.320. The number of ketones is 1. The monoisotopic (exact) mass is 327 g/mol. The van der Waals surface area contributed by atoms with Gasteiger partial charge in [0.1, 0.15) is 5.78 Å². The van der Waals surface area contributed by atoms with Crippen LogP contribution in [0.15, 0.2) is 36.4 Å². The van der Waals surface area contributed by atoms with Crippen molar-refractivity contribution in [1.29, 1.82) is 5.26 Å². The molecule has 1 aromatic carbocycles. The van der Waals surface area contributed by atoms with Gasteiger partial charge in [0.25, 0.3) is 0 Å². The number of nitriles is 1. The molecule has 4 nitrogen and oxygen atoms in total. The Bertz CT molecular complexity index is 649. The summed E-state index contributed by atoms with van der Waals surface area (Å²) in [5, 5.41) is 9.49. The Morgan fingerprint density at radius 3 is 2.62 bits per heavy atom. The Hall–Kier alpha value is -1.96. The normalized spacial score (nSPS) is 17.6. The van der Waals surface area contributed by atoms with E-state index < -0.39 is 11.2 Å². The lowest BCUT2D eigenvalue weighted by Crippen LogP contribution is -2.53. The van der Waals surface area contributed by atoms with Gasteiger partial charge in [0.2, 0.25) is 5.79 Å². The maximum atomic E-state index is 12.9. The first-order valence-corrected chi connectivity index (χ1v) is 8.41. The Morgan fingerprint density at radius 2 is 2.00 bits per heavy atom. The first-order chi connectivity index (χ1) is 11.5. The van der Waals surface area contributed by atoms with Crippen LogP contribution in [0.25, 0.3) is 0 Å². The molecular formula is C20H25NO3. The van der Waals surface area contributed by atoms with E-state index in [4.69, 9.17) is 9.47 Å². The molecule has 1 saturated heterocycles. The fraction of sp³-hybridized carbons (Fsp3) is 0.500. The molecule has 0 aliphatic carbocycles. The van der Waals surface area contributed by atoms with E-state index in [0.29, 0.717) is 37.2 Å². The summed E-state index contributed by atoms with van der Waals surface area (Å²) in [6, 6.07) is 9.41. The molecule has 1 fully saturated rings. The molecule has 2 rings (SSSR count). The highest BCUT2D eigenvalue weighted by Gasteiger charge is 2.55. The molecule has 1 aromatic rings. The summed E-state index contributed by atoms with van der Waals surface area (Å²) in [6.45, 7) is 6.65. The average molecular weight is 327 g/mol. The standard InChI is InChI=1S/C20H25NO3/c1-4-5-6-12-18(22)19(2,3)20(23-13-9-14-24-20)17-11-8-7-10-16(17)15-21/h4-5,7-8,10-11H,6,9,12-14H2,1-3H3/b5-4+. The Labute approximate surface area is 144 Å². The van der Waals surface area contributed by atoms with Crippen LogP contribution in [0.4, 0.5) is 0 Å². The lowest BCUT2D eigenvalue weighted by atomic mass is 9.72. The number of ether oxygens (including phenoxy) is 2. The number of benzene rings is 1. The summed E-state index contributed by atoms with van der Waals surface area (Å²) in [4.78, 5) is 12.9. The molecule has 0 saturated carbocycles. The second-order valence-corrected chi connectivity index (χ2v) is 6.48. The summed E-state index contributed by atoms with van der Waals surface area (Å²) in [6.07, 6.45) is 5.80. The van der Waals surface area contributed by atoms with Gasteiger partial charge in [-0.3, -0.25) is 4.79 Å². The van der Waals surface area contributed by atoms with Gasteiger partial charge in [-0.25, -0.2) is 0 Å². The van der Waals surface area contributed by atoms with Crippen LogP contribution in [0, 0.1) is 16.7 Å². The predicted molar refractivity (Wildman–Crippen MR) is 92.2 cm³/mol. The van der Waals surface area contributed by atoms with E-state index in [1.54, 1.807) is 12.1 Å². The quantitative estimate of drug-likeness (QED) is 0.738. The predicted octanol–water partition coefficient (Wildman–Crippen LogP) is 4.10. The molecule has 24 heavy (non-hydrogen) atoms. The highest BCUT2D eigenvalue weighted by atomic mass is 16.7. The third-order valence-corrected chi connectivity index (χ3v) is 4.60. The van der Waals surface area contributed by atoms with Crippen LogP contribution in [0.1, 0.15) is 51.2 Å². The van der Waals surface area contributed by atoms with Crippen LogP contribution in [0.3, 0.4) is 0 Å². The smallest absolute Gasteiger partial charge is 0.208 e. The van der Waals surface area contributed by atoms with E-state index in [2.05, 4.69) is 6.07 Å². The minimum absolute atomic E-state index is 0.0650. The van der Waals surface area contributed by atoms with Crippen molar-refractivity contribution in [3.05, 3.63) is 47.5 Å². The van der Waals surface area contributed by atoms with Crippen LogP contribution in [-0.2, 0) is 20.1 Å². The SMILES string of the molecule is C/C=C/CCC(=O)C(C)(C)C1(c2ccccc2C#N)OCCCO1. The van der Waals surface area contributed by atoms with Crippen molar-refractivity contribution >= 4 is 5.78 Å². The van der Waals surface area contributed by atoms with Crippen molar-refractivity contribution in [3.8, 4) is 6.07 Å². The first-order valence-electron chi connectivity index (χ1n) is 8.41. The van der Waals surface area contributed by atoms with Gasteiger partial charge in [-0.05, 0) is 39.7 Å². The maximum absolute atomic E-state index is 12.9. The van der Waals surface area contributed by atoms with Crippen LogP contribution in [-0.4, -0.2) is 19.0 Å². The molecule has 0 spiro atoms. The van der Waals surface area contributed by atoms with Crippen molar-refractivity contribution in [3.63, 3.8) is 0 Å². The van der Waals surface area contributed by atoms with Crippen LogP contribution >= 0.6 is 0 Å². The lowest BCUT2D eigenvalue weighted by Gasteiger charge is -2.47. The van der Waals surface area contributed by atoms with Gasteiger partial charge in [0.05, 0.1) is 30.3 Å². The molecule has 1 aliphatic rings. The molecule has 0 aromatic heterocycles. The number of carbonyl (C=O) groups is 1. The molecule has 4 heteroatoms. The van der Waals surface area contributed by atoms with Crippen LogP contribution < -0.4 is 0 Å². The Balaban J connectivity index is 2.47. The van der Waals surface area contributed by atoms with Gasteiger partial charge < -0.3 is 9.47 Å². The Morgan fingerprint density at radius 1 is 1.33 bits per heavy atom. The van der Waals surface area contributed by atoms with Gasteiger partial charge in [-0.1, -0.05) is 30.4 Å². The van der Waals surface area contributed by atoms with Gasteiger partial charge >= 0.3 is 0 Å². The zero-order valence-corrected chi connectivity index (χ0v) is 14.7. The minimum atomic E-state index is -1.22. The largest absolute Gasteiger partial charge is 0.345 e. The highest BCUT2D eigenvalue weighted by molar-refractivity contribution is 5.85. The summed E-state index contributed by atoms with van der Waals surface area (Å²) < 4.78 is 12.1. The molecule has 0 atom stereocenters. The average Bonchev–Trinajstić information content (AvgIpc) is 2.62. The highest BCUT2D eigenvalue weighted by Crippen LogP contribution is 2.48. The molecular weight excluding hydrogens is 302 g/mol. The third kappa shape index (κ3) is 3.28. The molecule has 128 valence electrons. The zero-order valence-electron chi connectivity index (χ0n) is 14.7. The topological polar surface area (TPSA) is 59.3 Å². The summed E-state index contributed by atoms with van der Waals surface area (Å²) in [5.74, 6) is -1.15. The van der Waals surface area contributed by atoms with Gasteiger partial charge in [-0.2, -0.15) is 5.26 Å². The number of allylic oxidation sites excluding steroid dienone is 2. The fourth-order valence-electron chi connectivity index (χ4n) is 3.13. The molecule has 0 amide bonds. The van der Waals surface area contributed by atoms with E-state index in [1.807, 2.05) is 45.1 Å². The fourth-order valence-corrected chi connectivity index (χ4v) is 3.13. The maximum Gasteiger partial charge on any atom is 0.208 e. The molecule has 0 N–H and O–H groups in total. The van der Waals surface area contributed by atoms with E-state index >= 15 is 0 Å². The summed E-state index contributed by atoms with van der Waals surface area (Å²) >= 11 is 0. The third-order valence-electron chi connectivity index (χ3n) is 4.60. The van der Waals surface area contributed by atoms with Crippen LogP contribution in [0.5, 0.6) is 0 Å². The summed E-state index contributed by atoms with van der Waals surface area (Å²) in [7, 11) is 0. The van der Waals surface area contributed by atoms with Crippen molar-refractivity contribution in [2.45, 2.75) is 45.8 Å². The number of Topliss-reactive ketones (excluding diaryl/α,β-unsaturated/α-hetero) is 1. The van der Waals surface area contributed by atoms with E-state index in [-0.39, 0.29) is 5.78 Å². The molecule has 0 radical (unpaired) electrons. The number of hydrogen-bond donors (Lipinski definition) is 0. The second-order valence-electron chi connectivity index (χ2n) is 6.48. The zero-order chi connectivity index (χ0) is 17.6. The number of hydrogen-bond acceptors (Lipinski definition) is 4. The molecule has 1 heterocycles. The molecule has 1 aliphatic heterocycles. The minimum Gasteiger partial charge on any atom is -0.345 e. The number of rotatable bonds is 6. The van der Waals surface area contributed by atoms with Gasteiger partial charge in [0.15, 0.2) is 0 Å². The van der Waals surface area contributed by atoms with E-state index in [9.17, 15) is 10.1 Å². The Kier molecular flexibility index (Phi) is 5.93. The van der Waals surface area contributed by atoms with E-state index in [0.717, 1.165) is 6.42 Å². The first kappa shape index (κ1) is 18.4. The van der Waals surface area contributed by atoms with Gasteiger partial charge in [0, 0.05) is 12.0 Å². The molecule has 0 unspecified atom stereocenters. The van der Waals surface area contributed by atoms with Gasteiger partial charge in [-0.15, -0.1) is 0 Å².